The van der Waals surface area contributed by atoms with Crippen LogP contribution in [0.25, 0.3) is 11.3 Å². The fraction of sp³-hybridized carbons (Fsp3) is 0.333. The van der Waals surface area contributed by atoms with Crippen LogP contribution in [0, 0.1) is 0 Å². The Balaban J connectivity index is 1.51. The van der Waals surface area contributed by atoms with Crippen molar-refractivity contribution in [3.8, 4) is 17.0 Å². The molecule has 2 aromatic carbocycles. The van der Waals surface area contributed by atoms with E-state index in [-0.39, 0.29) is 6.10 Å². The molecule has 6 nitrogen and oxygen atoms in total. The van der Waals surface area contributed by atoms with Crippen LogP contribution in [0.3, 0.4) is 0 Å². The number of rotatable bonds is 9. The van der Waals surface area contributed by atoms with E-state index in [4.69, 9.17) is 9.72 Å². The van der Waals surface area contributed by atoms with Gasteiger partial charge in [0.05, 0.1) is 5.69 Å². The largest absolute Gasteiger partial charge is 0.486 e. The normalized spacial score (nSPS) is 16.9. The maximum atomic E-state index is 6.40. The van der Waals surface area contributed by atoms with Gasteiger partial charge >= 0.3 is 0 Å². The molecule has 3 aromatic rings. The van der Waals surface area contributed by atoms with Gasteiger partial charge in [0, 0.05) is 30.8 Å². The van der Waals surface area contributed by atoms with E-state index in [1.807, 2.05) is 31.3 Å². The molecule has 156 valence electrons. The summed E-state index contributed by atoms with van der Waals surface area (Å²) in [5, 5.41) is 9.99. The van der Waals surface area contributed by atoms with E-state index in [0.717, 1.165) is 49.5 Å². The average molecular weight is 404 g/mol. The Labute approximate surface area is 178 Å². The van der Waals surface area contributed by atoms with Crippen molar-refractivity contribution < 1.29 is 4.74 Å². The highest BCUT2D eigenvalue weighted by molar-refractivity contribution is 5.62. The molecule has 1 fully saturated rings. The standard InChI is InChI=1S/C24H29N5O/c1-25-13-12-23(18-6-3-2-4-7-18)30-21-9-5-8-19(16-21)22-11-15-27-24(29-22)28-20-10-14-26-17-20/h2-9,11,15-16,20,23,25-26H,10,12-14,17H2,1H3,(H,27,28,29)/t20-,23+/m0/s1. The van der Waals surface area contributed by atoms with Crippen molar-refractivity contribution in [2.45, 2.75) is 25.0 Å². The Kier molecular flexibility index (Phi) is 6.90. The number of anilines is 1. The third kappa shape index (κ3) is 5.34. The van der Waals surface area contributed by atoms with E-state index in [1.54, 1.807) is 6.20 Å². The van der Waals surface area contributed by atoms with Gasteiger partial charge in [-0.25, -0.2) is 9.97 Å². The molecule has 0 radical (unpaired) electrons. The van der Waals surface area contributed by atoms with Crippen LogP contribution in [0.15, 0.2) is 66.9 Å². The van der Waals surface area contributed by atoms with Gasteiger partial charge in [-0.3, -0.25) is 0 Å². The van der Waals surface area contributed by atoms with Crippen LogP contribution in [0.1, 0.15) is 24.5 Å². The molecule has 0 aliphatic carbocycles. The number of nitrogens with zero attached hydrogens (tertiary/aromatic N) is 2. The summed E-state index contributed by atoms with van der Waals surface area (Å²) in [4.78, 5) is 9.10. The van der Waals surface area contributed by atoms with Gasteiger partial charge in [0.1, 0.15) is 11.9 Å². The van der Waals surface area contributed by atoms with Gasteiger partial charge in [0.2, 0.25) is 5.95 Å². The number of ether oxygens (including phenoxy) is 1. The van der Waals surface area contributed by atoms with Crippen molar-refractivity contribution in [2.24, 2.45) is 0 Å². The summed E-state index contributed by atoms with van der Waals surface area (Å²) in [6, 6.07) is 20.8. The number of hydrogen-bond acceptors (Lipinski definition) is 6. The number of aromatic nitrogens is 2. The Bertz CT molecular complexity index is 928. The fourth-order valence-electron chi connectivity index (χ4n) is 3.68. The molecule has 0 spiro atoms. The molecule has 4 rings (SSSR count). The van der Waals surface area contributed by atoms with Gasteiger partial charge in [-0.2, -0.15) is 0 Å². The average Bonchev–Trinajstić information content (AvgIpc) is 3.31. The zero-order valence-corrected chi connectivity index (χ0v) is 17.3. The molecule has 3 N–H and O–H groups in total. The predicted molar refractivity (Wildman–Crippen MR) is 121 cm³/mol. The summed E-state index contributed by atoms with van der Waals surface area (Å²) in [6.45, 7) is 2.87. The zero-order chi connectivity index (χ0) is 20.6. The zero-order valence-electron chi connectivity index (χ0n) is 17.3. The quantitative estimate of drug-likeness (QED) is 0.507. The number of nitrogens with one attached hydrogen (secondary N) is 3. The second-order valence-corrected chi connectivity index (χ2v) is 7.54. The third-order valence-electron chi connectivity index (χ3n) is 5.29. The van der Waals surface area contributed by atoms with Crippen molar-refractivity contribution >= 4 is 5.95 Å². The minimum Gasteiger partial charge on any atom is -0.486 e. The fourth-order valence-corrected chi connectivity index (χ4v) is 3.68. The van der Waals surface area contributed by atoms with Crippen LogP contribution < -0.4 is 20.7 Å². The molecule has 2 atom stereocenters. The lowest BCUT2D eigenvalue weighted by Crippen LogP contribution is -2.23. The summed E-state index contributed by atoms with van der Waals surface area (Å²) in [5.74, 6) is 1.51. The van der Waals surface area contributed by atoms with Gasteiger partial charge in [-0.05, 0) is 50.3 Å². The Morgan fingerprint density at radius 3 is 2.83 bits per heavy atom. The topological polar surface area (TPSA) is 71.1 Å². The first-order valence-electron chi connectivity index (χ1n) is 10.6. The van der Waals surface area contributed by atoms with Crippen LogP contribution in [0.4, 0.5) is 5.95 Å². The van der Waals surface area contributed by atoms with Crippen molar-refractivity contribution in [1.82, 2.24) is 20.6 Å². The van der Waals surface area contributed by atoms with E-state index >= 15 is 0 Å². The van der Waals surface area contributed by atoms with Crippen molar-refractivity contribution in [3.05, 3.63) is 72.4 Å². The van der Waals surface area contributed by atoms with Gasteiger partial charge in [-0.1, -0.05) is 42.5 Å². The highest BCUT2D eigenvalue weighted by Crippen LogP contribution is 2.28. The number of hydrogen-bond donors (Lipinski definition) is 3. The highest BCUT2D eigenvalue weighted by atomic mass is 16.5. The van der Waals surface area contributed by atoms with Gasteiger partial charge in [0.25, 0.3) is 0 Å². The summed E-state index contributed by atoms with van der Waals surface area (Å²) in [5.41, 5.74) is 3.08. The molecule has 6 heteroatoms. The van der Waals surface area contributed by atoms with Crippen LogP contribution in [0.2, 0.25) is 0 Å². The first-order valence-corrected chi connectivity index (χ1v) is 10.6. The first-order chi connectivity index (χ1) is 14.8. The molecule has 1 aliphatic heterocycles. The molecular formula is C24H29N5O. The van der Waals surface area contributed by atoms with Crippen molar-refractivity contribution in [3.63, 3.8) is 0 Å². The van der Waals surface area contributed by atoms with E-state index in [9.17, 15) is 0 Å². The van der Waals surface area contributed by atoms with Gasteiger partial charge < -0.3 is 20.7 Å². The molecule has 0 unspecified atom stereocenters. The molecule has 1 saturated heterocycles. The Hall–Kier alpha value is -2.96. The van der Waals surface area contributed by atoms with E-state index in [2.05, 4.69) is 57.3 Å². The maximum Gasteiger partial charge on any atom is 0.223 e. The van der Waals surface area contributed by atoms with Gasteiger partial charge in [-0.15, -0.1) is 0 Å². The summed E-state index contributed by atoms with van der Waals surface area (Å²) >= 11 is 0. The summed E-state index contributed by atoms with van der Waals surface area (Å²) in [7, 11) is 1.96. The van der Waals surface area contributed by atoms with Gasteiger partial charge in [0.15, 0.2) is 0 Å². The molecule has 0 saturated carbocycles. The third-order valence-corrected chi connectivity index (χ3v) is 5.29. The van der Waals surface area contributed by atoms with E-state index in [0.29, 0.717) is 12.0 Å². The molecule has 2 heterocycles. The minimum atomic E-state index is -0.00797. The monoisotopic (exact) mass is 403 g/mol. The Morgan fingerprint density at radius 1 is 1.13 bits per heavy atom. The minimum absolute atomic E-state index is 0.00797. The van der Waals surface area contributed by atoms with E-state index < -0.39 is 0 Å². The smallest absolute Gasteiger partial charge is 0.223 e. The van der Waals surface area contributed by atoms with Crippen molar-refractivity contribution in [2.75, 3.05) is 32.0 Å². The predicted octanol–water partition coefficient (Wildman–Crippen LogP) is 3.65. The SMILES string of the molecule is CNCC[C@@H](Oc1cccc(-c2ccnc(N[C@H]3CCNC3)n2)c1)c1ccccc1. The lowest BCUT2D eigenvalue weighted by atomic mass is 10.1. The lowest BCUT2D eigenvalue weighted by Gasteiger charge is -2.20. The molecule has 1 aliphatic rings. The summed E-state index contributed by atoms with van der Waals surface area (Å²) < 4.78 is 6.40. The molecule has 30 heavy (non-hydrogen) atoms. The first kappa shape index (κ1) is 20.3. The van der Waals surface area contributed by atoms with E-state index in [1.165, 1.54) is 5.56 Å². The second kappa shape index (κ2) is 10.2. The Morgan fingerprint density at radius 2 is 2.03 bits per heavy atom. The maximum absolute atomic E-state index is 6.40. The van der Waals surface area contributed by atoms with Crippen LogP contribution in [-0.4, -0.2) is 42.7 Å². The molecule has 0 amide bonds. The van der Waals surface area contributed by atoms with Crippen LogP contribution >= 0.6 is 0 Å². The van der Waals surface area contributed by atoms with Crippen LogP contribution in [-0.2, 0) is 0 Å². The summed E-state index contributed by atoms with van der Waals surface area (Å²) in [6.07, 6.45) is 3.78. The number of benzene rings is 2. The molecule has 1 aromatic heterocycles. The van der Waals surface area contributed by atoms with Crippen LogP contribution in [0.5, 0.6) is 5.75 Å². The lowest BCUT2D eigenvalue weighted by molar-refractivity contribution is 0.195. The van der Waals surface area contributed by atoms with Crippen molar-refractivity contribution in [1.29, 1.82) is 0 Å². The highest BCUT2D eigenvalue weighted by Gasteiger charge is 2.16. The molecular weight excluding hydrogens is 374 g/mol. The second-order valence-electron chi connectivity index (χ2n) is 7.54. The molecule has 0 bridgehead atoms.